The first kappa shape index (κ1) is 14.1. The molecule has 2 nitrogen and oxygen atoms in total. The smallest absolute Gasteiger partial charge is 0.0419 e. The largest absolute Gasteiger partial charge is 0.345 e. The van der Waals surface area contributed by atoms with Crippen LogP contribution in [-0.2, 0) is 0 Å². The third kappa shape index (κ3) is 3.17. The van der Waals surface area contributed by atoms with Crippen molar-refractivity contribution in [1.29, 1.82) is 0 Å². The highest BCUT2D eigenvalue weighted by molar-refractivity contribution is 9.10. The lowest BCUT2D eigenvalue weighted by Crippen LogP contribution is -2.11. The third-order valence-electron chi connectivity index (χ3n) is 3.25. The Balaban J connectivity index is 2.34. The third-order valence-corrected chi connectivity index (χ3v) is 3.94. The van der Waals surface area contributed by atoms with E-state index in [1.165, 1.54) is 11.3 Å². The Morgan fingerprint density at radius 1 is 1.11 bits per heavy atom. The Morgan fingerprint density at radius 3 is 2.37 bits per heavy atom. The number of nitrogens with zero attached hydrogens (tertiary/aromatic N) is 1. The van der Waals surface area contributed by atoms with E-state index in [-0.39, 0.29) is 6.04 Å². The molecule has 0 saturated heterocycles. The maximum atomic E-state index is 5.93. The molecule has 0 amide bonds. The van der Waals surface area contributed by atoms with Gasteiger partial charge >= 0.3 is 0 Å². The van der Waals surface area contributed by atoms with Crippen LogP contribution in [0.3, 0.4) is 0 Å². The normalized spacial score (nSPS) is 12.3. The van der Waals surface area contributed by atoms with Gasteiger partial charge in [-0.15, -0.1) is 0 Å². The first-order chi connectivity index (χ1) is 8.99. The highest BCUT2D eigenvalue weighted by Gasteiger charge is 2.09. The SMILES string of the molecule is Cc1cccc(N(C)c2ccc([C@H](C)N)c(Br)c2)c1. The van der Waals surface area contributed by atoms with Crippen LogP contribution < -0.4 is 10.6 Å². The fraction of sp³-hybridized carbons (Fsp3) is 0.250. The summed E-state index contributed by atoms with van der Waals surface area (Å²) in [6, 6.07) is 14.8. The molecule has 0 bridgehead atoms. The van der Waals surface area contributed by atoms with E-state index in [9.17, 15) is 0 Å². The summed E-state index contributed by atoms with van der Waals surface area (Å²) in [4.78, 5) is 2.17. The van der Waals surface area contributed by atoms with Crippen molar-refractivity contribution in [2.45, 2.75) is 19.9 Å². The van der Waals surface area contributed by atoms with Crippen molar-refractivity contribution < 1.29 is 0 Å². The van der Waals surface area contributed by atoms with Crippen LogP contribution in [0.25, 0.3) is 0 Å². The number of benzene rings is 2. The van der Waals surface area contributed by atoms with Crippen LogP contribution in [0.1, 0.15) is 24.1 Å². The van der Waals surface area contributed by atoms with E-state index >= 15 is 0 Å². The zero-order valence-electron chi connectivity index (χ0n) is 11.5. The van der Waals surface area contributed by atoms with Gasteiger partial charge in [0.25, 0.3) is 0 Å². The molecule has 0 aliphatic carbocycles. The average molecular weight is 319 g/mol. The molecule has 0 saturated carbocycles. The molecule has 3 heteroatoms. The standard InChI is InChI=1S/C16H19BrN2/c1-11-5-4-6-13(9-11)19(3)14-7-8-15(12(2)18)16(17)10-14/h4-10,12H,18H2,1-3H3/t12-/m0/s1. The number of halogens is 1. The summed E-state index contributed by atoms with van der Waals surface area (Å²) in [5.41, 5.74) is 10.6. The summed E-state index contributed by atoms with van der Waals surface area (Å²) in [6.07, 6.45) is 0. The Kier molecular flexibility index (Phi) is 4.27. The van der Waals surface area contributed by atoms with Gasteiger partial charge in [-0.25, -0.2) is 0 Å². The molecular weight excluding hydrogens is 300 g/mol. The molecule has 0 unspecified atom stereocenters. The van der Waals surface area contributed by atoms with Crippen LogP contribution in [0.4, 0.5) is 11.4 Å². The second-order valence-corrected chi connectivity index (χ2v) is 5.75. The van der Waals surface area contributed by atoms with Crippen LogP contribution in [0.15, 0.2) is 46.9 Å². The molecule has 0 aliphatic rings. The molecule has 2 N–H and O–H groups in total. The molecule has 1 atom stereocenters. The molecule has 0 radical (unpaired) electrons. The number of aryl methyl sites for hydroxylation is 1. The first-order valence-corrected chi connectivity index (χ1v) is 7.14. The van der Waals surface area contributed by atoms with Gasteiger partial charge in [-0.2, -0.15) is 0 Å². The summed E-state index contributed by atoms with van der Waals surface area (Å²) in [5.74, 6) is 0. The quantitative estimate of drug-likeness (QED) is 0.899. The summed E-state index contributed by atoms with van der Waals surface area (Å²) in [6.45, 7) is 4.09. The molecule has 0 fully saturated rings. The predicted molar refractivity (Wildman–Crippen MR) is 86.0 cm³/mol. The Bertz CT molecular complexity index is 579. The second kappa shape index (κ2) is 5.76. The zero-order chi connectivity index (χ0) is 14.0. The van der Waals surface area contributed by atoms with E-state index in [2.05, 4.69) is 77.3 Å². The minimum atomic E-state index is 0.0349. The van der Waals surface area contributed by atoms with Crippen LogP contribution in [0.5, 0.6) is 0 Å². The summed E-state index contributed by atoms with van der Waals surface area (Å²) in [5, 5.41) is 0. The van der Waals surface area contributed by atoms with Crippen LogP contribution in [0, 0.1) is 6.92 Å². The van der Waals surface area contributed by atoms with Gasteiger partial charge in [-0.1, -0.05) is 34.1 Å². The minimum absolute atomic E-state index is 0.0349. The molecule has 19 heavy (non-hydrogen) atoms. The van der Waals surface area contributed by atoms with Crippen molar-refractivity contribution >= 4 is 27.3 Å². The number of hydrogen-bond donors (Lipinski definition) is 1. The maximum Gasteiger partial charge on any atom is 0.0419 e. The van der Waals surface area contributed by atoms with Crippen LogP contribution in [-0.4, -0.2) is 7.05 Å². The maximum absolute atomic E-state index is 5.93. The first-order valence-electron chi connectivity index (χ1n) is 6.34. The number of anilines is 2. The highest BCUT2D eigenvalue weighted by atomic mass is 79.9. The van der Waals surface area contributed by atoms with E-state index in [0.29, 0.717) is 0 Å². The molecule has 0 aliphatic heterocycles. The molecule has 0 aromatic heterocycles. The molecule has 2 aromatic carbocycles. The minimum Gasteiger partial charge on any atom is -0.345 e. The molecule has 0 heterocycles. The topological polar surface area (TPSA) is 29.3 Å². The highest BCUT2D eigenvalue weighted by Crippen LogP contribution is 2.30. The van der Waals surface area contributed by atoms with Crippen LogP contribution >= 0.6 is 15.9 Å². The Hall–Kier alpha value is -1.32. The number of hydrogen-bond acceptors (Lipinski definition) is 2. The Labute approximate surface area is 123 Å². The van der Waals surface area contributed by atoms with Gasteiger partial charge in [-0.3, -0.25) is 0 Å². The van der Waals surface area contributed by atoms with Crippen molar-refractivity contribution in [1.82, 2.24) is 0 Å². The van der Waals surface area contributed by atoms with Gasteiger partial charge in [0.2, 0.25) is 0 Å². The van der Waals surface area contributed by atoms with Crippen molar-refractivity contribution in [2.24, 2.45) is 5.73 Å². The van der Waals surface area contributed by atoms with Gasteiger partial charge in [0.1, 0.15) is 0 Å². The molecule has 2 rings (SSSR count). The van der Waals surface area contributed by atoms with Gasteiger partial charge in [0, 0.05) is 28.9 Å². The van der Waals surface area contributed by atoms with E-state index < -0.39 is 0 Å². The van der Waals surface area contributed by atoms with E-state index in [1.54, 1.807) is 0 Å². The van der Waals surface area contributed by atoms with Crippen LogP contribution in [0.2, 0.25) is 0 Å². The van der Waals surface area contributed by atoms with Gasteiger partial charge in [-0.05, 0) is 49.2 Å². The summed E-state index contributed by atoms with van der Waals surface area (Å²) >= 11 is 3.60. The van der Waals surface area contributed by atoms with Crippen molar-refractivity contribution in [2.75, 3.05) is 11.9 Å². The summed E-state index contributed by atoms with van der Waals surface area (Å²) < 4.78 is 1.06. The van der Waals surface area contributed by atoms with E-state index in [0.717, 1.165) is 15.7 Å². The monoisotopic (exact) mass is 318 g/mol. The van der Waals surface area contributed by atoms with Gasteiger partial charge in [0.05, 0.1) is 0 Å². The second-order valence-electron chi connectivity index (χ2n) is 4.89. The summed E-state index contributed by atoms with van der Waals surface area (Å²) in [7, 11) is 2.07. The Morgan fingerprint density at radius 2 is 1.79 bits per heavy atom. The number of rotatable bonds is 3. The van der Waals surface area contributed by atoms with Crippen molar-refractivity contribution in [3.05, 3.63) is 58.1 Å². The van der Waals surface area contributed by atoms with Crippen molar-refractivity contribution in [3.8, 4) is 0 Å². The number of nitrogens with two attached hydrogens (primary N) is 1. The predicted octanol–water partition coefficient (Wildman–Crippen LogP) is 4.55. The lowest BCUT2D eigenvalue weighted by atomic mass is 10.1. The lowest BCUT2D eigenvalue weighted by Gasteiger charge is -2.21. The lowest BCUT2D eigenvalue weighted by molar-refractivity contribution is 0.813. The molecular formula is C16H19BrN2. The van der Waals surface area contributed by atoms with E-state index in [4.69, 9.17) is 5.73 Å². The fourth-order valence-corrected chi connectivity index (χ4v) is 2.81. The van der Waals surface area contributed by atoms with E-state index in [1.807, 2.05) is 6.92 Å². The molecule has 100 valence electrons. The van der Waals surface area contributed by atoms with Crippen molar-refractivity contribution in [3.63, 3.8) is 0 Å². The molecule has 0 spiro atoms. The fourth-order valence-electron chi connectivity index (χ4n) is 2.08. The molecule has 2 aromatic rings. The van der Waals surface area contributed by atoms with Gasteiger partial charge < -0.3 is 10.6 Å². The average Bonchev–Trinajstić information content (AvgIpc) is 2.37. The van der Waals surface area contributed by atoms with Gasteiger partial charge in [0.15, 0.2) is 0 Å². The zero-order valence-corrected chi connectivity index (χ0v) is 13.1.